The Hall–Kier alpha value is -1.63. The van der Waals surface area contributed by atoms with Crippen molar-refractivity contribution in [2.75, 3.05) is 26.4 Å². The van der Waals surface area contributed by atoms with E-state index in [9.17, 15) is 4.79 Å². The van der Waals surface area contributed by atoms with E-state index in [1.54, 1.807) is 11.1 Å². The Morgan fingerprint density at radius 3 is 2.52 bits per heavy atom. The van der Waals surface area contributed by atoms with Gasteiger partial charge in [0.1, 0.15) is 0 Å². The molecule has 1 amide bonds. The number of anilines is 1. The minimum absolute atomic E-state index is 0. The molecule has 2 aromatic rings. The lowest BCUT2D eigenvalue weighted by Gasteiger charge is -2.27. The van der Waals surface area contributed by atoms with Gasteiger partial charge < -0.3 is 10.6 Å². The van der Waals surface area contributed by atoms with Crippen molar-refractivity contribution in [2.24, 2.45) is 0 Å². The quantitative estimate of drug-likeness (QED) is 0.866. The van der Waals surface area contributed by atoms with Crippen LogP contribution in [0.3, 0.4) is 0 Å². The number of carbonyl (C=O) groups is 1. The van der Waals surface area contributed by atoms with E-state index in [-0.39, 0.29) is 24.4 Å². The molecule has 0 saturated heterocycles. The van der Waals surface area contributed by atoms with E-state index in [1.165, 1.54) is 11.3 Å². The molecule has 1 aromatic carbocycles. The fourth-order valence-corrected chi connectivity index (χ4v) is 3.00. The molecule has 1 atom stereocenters. The van der Waals surface area contributed by atoms with Crippen LogP contribution in [0.25, 0.3) is 0 Å². The van der Waals surface area contributed by atoms with Gasteiger partial charge in [0.2, 0.25) is 5.91 Å². The van der Waals surface area contributed by atoms with Crippen molar-refractivity contribution in [1.29, 1.82) is 0 Å². The second-order valence-corrected chi connectivity index (χ2v) is 6.58. The number of nitrogens with zero attached hydrogens (tertiary/aromatic N) is 3. The number of aromatic nitrogens is 1. The Morgan fingerprint density at radius 1 is 1.30 bits per heavy atom. The van der Waals surface area contributed by atoms with Crippen LogP contribution >= 0.6 is 23.7 Å². The van der Waals surface area contributed by atoms with Crippen LogP contribution < -0.4 is 5.73 Å². The fourth-order valence-electron chi connectivity index (χ4n) is 2.23. The molecule has 0 fully saturated rings. The first-order valence-electron chi connectivity index (χ1n) is 7.16. The standard InChI is InChI=1S/C16H22N4OS.ClH/c1-12(13-7-5-4-6-8-13)20(3)15(21)11-19(2)10-14-9-18-16(17)22-14;/h4-9,12H,10-11H2,1-3H3,(H2,17,18);1H. The topological polar surface area (TPSA) is 62.5 Å². The van der Waals surface area contributed by atoms with Gasteiger partial charge in [-0.15, -0.1) is 23.7 Å². The molecule has 23 heavy (non-hydrogen) atoms. The van der Waals surface area contributed by atoms with Crippen LogP contribution in [0.5, 0.6) is 0 Å². The smallest absolute Gasteiger partial charge is 0.236 e. The normalized spacial score (nSPS) is 11.8. The molecule has 2 N–H and O–H groups in total. The van der Waals surface area contributed by atoms with Crippen LogP contribution in [-0.2, 0) is 11.3 Å². The summed E-state index contributed by atoms with van der Waals surface area (Å²) < 4.78 is 0. The molecule has 1 heterocycles. The molecule has 0 aliphatic carbocycles. The van der Waals surface area contributed by atoms with E-state index in [0.717, 1.165) is 10.4 Å². The summed E-state index contributed by atoms with van der Waals surface area (Å²) >= 11 is 1.45. The van der Waals surface area contributed by atoms with Gasteiger partial charge in [-0.3, -0.25) is 9.69 Å². The minimum atomic E-state index is 0. The second kappa shape index (κ2) is 8.86. The molecule has 7 heteroatoms. The molecule has 5 nitrogen and oxygen atoms in total. The predicted molar refractivity (Wildman–Crippen MR) is 97.7 cm³/mol. The van der Waals surface area contributed by atoms with Crippen molar-refractivity contribution >= 4 is 34.8 Å². The van der Waals surface area contributed by atoms with E-state index in [1.807, 2.05) is 56.3 Å². The van der Waals surface area contributed by atoms with Crippen LogP contribution in [0.2, 0.25) is 0 Å². The van der Waals surface area contributed by atoms with E-state index in [2.05, 4.69) is 4.98 Å². The van der Waals surface area contributed by atoms with Gasteiger partial charge in [0.05, 0.1) is 12.6 Å². The Bertz CT molecular complexity index is 620. The number of nitrogen functional groups attached to an aromatic ring is 1. The molecule has 0 radical (unpaired) electrons. The summed E-state index contributed by atoms with van der Waals surface area (Å²) in [6, 6.07) is 10.1. The maximum absolute atomic E-state index is 12.4. The van der Waals surface area contributed by atoms with Gasteiger partial charge in [-0.25, -0.2) is 4.98 Å². The van der Waals surface area contributed by atoms with Gasteiger partial charge in [0.15, 0.2) is 5.13 Å². The maximum atomic E-state index is 12.4. The summed E-state index contributed by atoms with van der Waals surface area (Å²) in [5.74, 6) is 0.0938. The first-order chi connectivity index (χ1) is 10.5. The highest BCUT2D eigenvalue weighted by Crippen LogP contribution is 2.19. The first kappa shape index (κ1) is 19.4. The number of likely N-dealkylation sites (N-methyl/N-ethyl adjacent to an activating group) is 2. The molecule has 0 saturated carbocycles. The molecule has 2 rings (SSSR count). The molecule has 0 spiro atoms. The Balaban J connectivity index is 0.00000264. The number of rotatable bonds is 6. The number of carbonyl (C=O) groups excluding carboxylic acids is 1. The zero-order chi connectivity index (χ0) is 16.1. The zero-order valence-electron chi connectivity index (χ0n) is 13.6. The van der Waals surface area contributed by atoms with Crippen molar-refractivity contribution in [1.82, 2.24) is 14.8 Å². The van der Waals surface area contributed by atoms with E-state index in [0.29, 0.717) is 18.2 Å². The first-order valence-corrected chi connectivity index (χ1v) is 7.98. The molecule has 0 bridgehead atoms. The maximum Gasteiger partial charge on any atom is 0.236 e. The van der Waals surface area contributed by atoms with Crippen LogP contribution in [-0.4, -0.2) is 41.3 Å². The summed E-state index contributed by atoms with van der Waals surface area (Å²) in [5, 5.41) is 0.560. The van der Waals surface area contributed by atoms with Crippen LogP contribution in [0.15, 0.2) is 36.5 Å². The number of halogens is 1. The average Bonchev–Trinajstić information content (AvgIpc) is 2.91. The van der Waals surface area contributed by atoms with E-state index >= 15 is 0 Å². The summed E-state index contributed by atoms with van der Waals surface area (Å²) in [7, 11) is 3.77. The third-order valence-corrected chi connectivity index (χ3v) is 4.47. The van der Waals surface area contributed by atoms with Gasteiger partial charge in [-0.2, -0.15) is 0 Å². The summed E-state index contributed by atoms with van der Waals surface area (Å²) in [5.41, 5.74) is 6.76. The van der Waals surface area contributed by atoms with Gasteiger partial charge in [-0.1, -0.05) is 30.3 Å². The fraction of sp³-hybridized carbons (Fsp3) is 0.375. The Labute approximate surface area is 147 Å². The Kier molecular flexibility index (Phi) is 7.48. The Morgan fingerprint density at radius 2 is 1.96 bits per heavy atom. The average molecular weight is 355 g/mol. The van der Waals surface area contributed by atoms with Crippen molar-refractivity contribution in [2.45, 2.75) is 19.5 Å². The lowest BCUT2D eigenvalue weighted by Crippen LogP contribution is -2.37. The van der Waals surface area contributed by atoms with Crippen molar-refractivity contribution in [3.63, 3.8) is 0 Å². The summed E-state index contributed by atoms with van der Waals surface area (Å²) in [4.78, 5) is 21.3. The highest BCUT2D eigenvalue weighted by Gasteiger charge is 2.18. The molecule has 0 aliphatic rings. The largest absolute Gasteiger partial charge is 0.375 e. The molecule has 126 valence electrons. The number of benzene rings is 1. The zero-order valence-corrected chi connectivity index (χ0v) is 15.2. The second-order valence-electron chi connectivity index (χ2n) is 5.43. The van der Waals surface area contributed by atoms with Gasteiger partial charge >= 0.3 is 0 Å². The van der Waals surface area contributed by atoms with Gasteiger partial charge in [0.25, 0.3) is 0 Å². The van der Waals surface area contributed by atoms with Gasteiger partial charge in [-0.05, 0) is 19.5 Å². The monoisotopic (exact) mass is 354 g/mol. The van der Waals surface area contributed by atoms with Crippen LogP contribution in [0.4, 0.5) is 5.13 Å². The van der Waals surface area contributed by atoms with E-state index in [4.69, 9.17) is 5.73 Å². The molecule has 1 aromatic heterocycles. The van der Waals surface area contributed by atoms with Gasteiger partial charge in [0, 0.05) is 24.7 Å². The number of thiazole rings is 1. The third kappa shape index (κ3) is 5.49. The van der Waals surface area contributed by atoms with Crippen molar-refractivity contribution in [3.8, 4) is 0 Å². The number of amides is 1. The summed E-state index contributed by atoms with van der Waals surface area (Å²) in [6.07, 6.45) is 1.76. The van der Waals surface area contributed by atoms with Crippen molar-refractivity contribution in [3.05, 3.63) is 47.0 Å². The molecule has 0 aliphatic heterocycles. The number of hydrogen-bond acceptors (Lipinski definition) is 5. The lowest BCUT2D eigenvalue weighted by molar-refractivity contribution is -0.132. The third-order valence-electron chi connectivity index (χ3n) is 3.66. The molecule has 1 unspecified atom stereocenters. The SMILES string of the molecule is CC(c1ccccc1)N(C)C(=O)CN(C)Cc1cnc(N)s1.Cl. The van der Waals surface area contributed by atoms with Crippen LogP contribution in [0, 0.1) is 0 Å². The minimum Gasteiger partial charge on any atom is -0.375 e. The molecular formula is C16H23ClN4OS. The number of nitrogens with two attached hydrogens (primary N) is 1. The predicted octanol–water partition coefficient (Wildman–Crippen LogP) is 2.80. The summed E-state index contributed by atoms with van der Waals surface area (Å²) in [6.45, 7) is 3.08. The van der Waals surface area contributed by atoms with E-state index < -0.39 is 0 Å². The lowest BCUT2D eigenvalue weighted by atomic mass is 10.1. The van der Waals surface area contributed by atoms with Crippen LogP contribution in [0.1, 0.15) is 23.4 Å². The highest BCUT2D eigenvalue weighted by atomic mass is 35.5. The van der Waals surface area contributed by atoms with Crippen molar-refractivity contribution < 1.29 is 4.79 Å². The highest BCUT2D eigenvalue weighted by molar-refractivity contribution is 7.15. The molecular weight excluding hydrogens is 332 g/mol. The number of hydrogen-bond donors (Lipinski definition) is 1.